The predicted molar refractivity (Wildman–Crippen MR) is 156 cm³/mol. The predicted octanol–water partition coefficient (Wildman–Crippen LogP) is 3.91. The number of nitrogens with one attached hydrogen (secondary N) is 2. The normalized spacial score (nSPS) is 23.8. The number of rotatable bonds is 17. The molecular formula is C29H60N2O9. The van der Waals surface area contributed by atoms with Gasteiger partial charge in [-0.25, -0.2) is 4.79 Å². The van der Waals surface area contributed by atoms with Crippen molar-refractivity contribution >= 4 is 6.09 Å². The van der Waals surface area contributed by atoms with E-state index in [0.717, 1.165) is 0 Å². The molecule has 1 saturated heterocycles. The number of alkyl carbamates (subject to hydrolysis) is 1. The number of hydrogen-bond acceptors (Lipinski definition) is 10. The number of hydrogen-bond donors (Lipinski definition) is 2. The van der Waals surface area contributed by atoms with Crippen LogP contribution in [0.3, 0.4) is 0 Å². The van der Waals surface area contributed by atoms with Crippen LogP contribution < -0.4 is 10.6 Å². The average molecular weight is 581 g/mol. The SMILES string of the molecule is CC.COC[C@H]1OC(OC)[C@H](NCCOC(C)(C)CCOC(C)(C)CCNC(=O)OC(C)(C)C)[C@@H](OC)[C@@H]1OC. The van der Waals surface area contributed by atoms with E-state index in [9.17, 15) is 4.79 Å². The molecule has 1 rings (SSSR count). The zero-order valence-corrected chi connectivity index (χ0v) is 27.5. The molecule has 240 valence electrons. The minimum atomic E-state index is -0.516. The summed E-state index contributed by atoms with van der Waals surface area (Å²) in [6, 6.07) is -0.242. The highest BCUT2D eigenvalue weighted by atomic mass is 16.7. The second-order valence-electron chi connectivity index (χ2n) is 11.8. The lowest BCUT2D eigenvalue weighted by Gasteiger charge is -2.45. The quantitative estimate of drug-likeness (QED) is 0.245. The maximum atomic E-state index is 11.8. The molecule has 2 N–H and O–H groups in total. The second-order valence-corrected chi connectivity index (χ2v) is 11.8. The van der Waals surface area contributed by atoms with Gasteiger partial charge < -0.3 is 48.5 Å². The average Bonchev–Trinajstić information content (AvgIpc) is 2.86. The smallest absolute Gasteiger partial charge is 0.407 e. The lowest BCUT2D eigenvalue weighted by molar-refractivity contribution is -0.273. The van der Waals surface area contributed by atoms with Crippen LogP contribution >= 0.6 is 0 Å². The van der Waals surface area contributed by atoms with Crippen LogP contribution in [0.5, 0.6) is 0 Å². The van der Waals surface area contributed by atoms with Crippen LogP contribution in [0, 0.1) is 0 Å². The minimum Gasteiger partial charge on any atom is -0.444 e. The van der Waals surface area contributed by atoms with Crippen molar-refractivity contribution in [2.45, 2.75) is 123 Å². The van der Waals surface area contributed by atoms with Gasteiger partial charge in [-0.3, -0.25) is 0 Å². The van der Waals surface area contributed by atoms with Gasteiger partial charge in [0.25, 0.3) is 0 Å². The Balaban J connectivity index is 0.00000742. The summed E-state index contributed by atoms with van der Waals surface area (Å²) in [6.07, 6.45) is -0.444. The standard InChI is InChI=1S/C27H54N2O9.C2H6/c1-25(2,3)38-24(30)29-14-12-26(4,5)35-16-13-27(6,7)36-17-15-28-20-22(33-10)21(32-9)19(18-31-8)37-23(20)34-11;1-2/h19-23,28H,12-18H2,1-11H3,(H,29,30);1-2H3/t19-,20-,21-,22-,23?;/m1./s1. The fourth-order valence-electron chi connectivity index (χ4n) is 4.23. The van der Waals surface area contributed by atoms with Crippen LogP contribution in [-0.2, 0) is 37.9 Å². The van der Waals surface area contributed by atoms with Gasteiger partial charge in [0.1, 0.15) is 23.9 Å². The van der Waals surface area contributed by atoms with Crippen LogP contribution in [0.4, 0.5) is 4.79 Å². The molecule has 11 nitrogen and oxygen atoms in total. The molecule has 1 fully saturated rings. The van der Waals surface area contributed by atoms with Crippen molar-refractivity contribution < 1.29 is 42.7 Å². The number of ether oxygens (including phenoxy) is 8. The van der Waals surface area contributed by atoms with Gasteiger partial charge in [0.15, 0.2) is 6.29 Å². The third-order valence-corrected chi connectivity index (χ3v) is 6.32. The molecule has 0 radical (unpaired) electrons. The first kappa shape index (κ1) is 39.0. The summed E-state index contributed by atoms with van der Waals surface area (Å²) in [5.74, 6) is 0. The summed E-state index contributed by atoms with van der Waals surface area (Å²) < 4.78 is 45.9. The van der Waals surface area contributed by atoms with Gasteiger partial charge >= 0.3 is 6.09 Å². The van der Waals surface area contributed by atoms with E-state index in [1.807, 2.05) is 62.3 Å². The molecule has 0 bridgehead atoms. The fourth-order valence-corrected chi connectivity index (χ4v) is 4.23. The molecule has 0 aliphatic carbocycles. The van der Waals surface area contributed by atoms with Gasteiger partial charge in [0.2, 0.25) is 0 Å². The lowest BCUT2D eigenvalue weighted by Crippen LogP contribution is -2.65. The lowest BCUT2D eigenvalue weighted by atomic mass is 9.96. The van der Waals surface area contributed by atoms with Crippen molar-refractivity contribution in [1.29, 1.82) is 0 Å². The molecule has 1 amide bonds. The zero-order chi connectivity index (χ0) is 31.0. The Morgan fingerprint density at radius 3 is 1.88 bits per heavy atom. The molecule has 0 aromatic rings. The Bertz CT molecular complexity index is 670. The second kappa shape index (κ2) is 19.2. The molecule has 0 spiro atoms. The number of carbonyl (C=O) groups excluding carboxylic acids is 1. The Labute approximate surface area is 243 Å². The van der Waals surface area contributed by atoms with E-state index in [1.54, 1.807) is 28.4 Å². The monoisotopic (exact) mass is 580 g/mol. The molecule has 5 atom stereocenters. The third kappa shape index (κ3) is 15.3. The highest BCUT2D eigenvalue weighted by molar-refractivity contribution is 5.67. The van der Waals surface area contributed by atoms with Crippen LogP contribution in [0.1, 0.15) is 75.2 Å². The third-order valence-electron chi connectivity index (χ3n) is 6.32. The molecule has 1 aliphatic rings. The minimum absolute atomic E-state index is 0.242. The maximum absolute atomic E-state index is 11.8. The van der Waals surface area contributed by atoms with E-state index >= 15 is 0 Å². The topological polar surface area (TPSA) is 115 Å². The highest BCUT2D eigenvalue weighted by Crippen LogP contribution is 2.26. The maximum Gasteiger partial charge on any atom is 0.407 e. The first-order chi connectivity index (χ1) is 18.7. The summed E-state index contributed by atoms with van der Waals surface area (Å²) in [6.45, 7) is 20.1. The van der Waals surface area contributed by atoms with Crippen LogP contribution in [0.2, 0.25) is 0 Å². The summed E-state index contributed by atoms with van der Waals surface area (Å²) in [5, 5.41) is 6.23. The molecule has 40 heavy (non-hydrogen) atoms. The number of methoxy groups -OCH3 is 4. The molecule has 0 aromatic carbocycles. The fraction of sp³-hybridized carbons (Fsp3) is 0.966. The first-order valence-corrected chi connectivity index (χ1v) is 14.4. The summed E-state index contributed by atoms with van der Waals surface area (Å²) in [7, 11) is 6.53. The Kier molecular flexibility index (Phi) is 18.7. The Morgan fingerprint density at radius 1 is 0.775 bits per heavy atom. The van der Waals surface area contributed by atoms with Crippen LogP contribution in [0.25, 0.3) is 0 Å². The van der Waals surface area contributed by atoms with E-state index in [2.05, 4.69) is 10.6 Å². The number of amides is 1. The molecule has 1 heterocycles. The molecule has 0 aromatic heterocycles. The van der Waals surface area contributed by atoms with Gasteiger partial charge in [-0.2, -0.15) is 0 Å². The van der Waals surface area contributed by atoms with Crippen molar-refractivity contribution in [3.05, 3.63) is 0 Å². The van der Waals surface area contributed by atoms with E-state index < -0.39 is 23.6 Å². The van der Waals surface area contributed by atoms with E-state index in [-0.39, 0.29) is 30.0 Å². The van der Waals surface area contributed by atoms with Crippen molar-refractivity contribution in [2.75, 3.05) is 61.3 Å². The van der Waals surface area contributed by atoms with Crippen molar-refractivity contribution in [1.82, 2.24) is 10.6 Å². The van der Waals surface area contributed by atoms with Gasteiger partial charge in [0, 0.05) is 41.5 Å². The van der Waals surface area contributed by atoms with Gasteiger partial charge in [-0.1, -0.05) is 13.8 Å². The molecule has 0 saturated carbocycles. The van der Waals surface area contributed by atoms with Crippen LogP contribution in [0.15, 0.2) is 0 Å². The summed E-state index contributed by atoms with van der Waals surface area (Å²) >= 11 is 0. The molecule has 11 heteroatoms. The number of carbonyl (C=O) groups is 1. The van der Waals surface area contributed by atoms with E-state index in [4.69, 9.17) is 37.9 Å². The Hall–Kier alpha value is -1.05. The van der Waals surface area contributed by atoms with Crippen molar-refractivity contribution in [3.63, 3.8) is 0 Å². The highest BCUT2D eigenvalue weighted by Gasteiger charge is 2.46. The Morgan fingerprint density at radius 2 is 1.35 bits per heavy atom. The summed E-state index contributed by atoms with van der Waals surface area (Å²) in [5.41, 5.74) is -1.29. The summed E-state index contributed by atoms with van der Waals surface area (Å²) in [4.78, 5) is 11.8. The molecular weight excluding hydrogens is 520 g/mol. The van der Waals surface area contributed by atoms with Crippen LogP contribution in [-0.4, -0.2) is 115 Å². The van der Waals surface area contributed by atoms with E-state index in [1.165, 1.54) is 0 Å². The first-order valence-electron chi connectivity index (χ1n) is 14.4. The van der Waals surface area contributed by atoms with Crippen molar-refractivity contribution in [2.24, 2.45) is 0 Å². The van der Waals surface area contributed by atoms with Gasteiger partial charge in [-0.15, -0.1) is 0 Å². The zero-order valence-electron chi connectivity index (χ0n) is 27.5. The van der Waals surface area contributed by atoms with Crippen molar-refractivity contribution in [3.8, 4) is 0 Å². The van der Waals surface area contributed by atoms with Gasteiger partial charge in [0.05, 0.1) is 37.1 Å². The largest absolute Gasteiger partial charge is 0.444 e. The molecule has 1 aliphatic heterocycles. The van der Waals surface area contributed by atoms with Gasteiger partial charge in [-0.05, 0) is 61.3 Å². The molecule has 1 unspecified atom stereocenters. The van der Waals surface area contributed by atoms with E-state index in [0.29, 0.717) is 45.8 Å².